The Morgan fingerprint density at radius 3 is 2.37 bits per heavy atom. The zero-order valence-electron chi connectivity index (χ0n) is 20.8. The number of ether oxygens (including phenoxy) is 2. The molecule has 1 aromatic heterocycles. The van der Waals surface area contributed by atoms with Gasteiger partial charge in [0.2, 0.25) is 5.88 Å². The quantitative estimate of drug-likeness (QED) is 0.425. The Bertz CT molecular complexity index is 1210. The van der Waals surface area contributed by atoms with Crippen LogP contribution in [-0.4, -0.2) is 35.1 Å². The molecule has 2 N–H and O–H groups in total. The Kier molecular flexibility index (Phi) is 7.06. The number of carbonyl (C=O) groups excluding carboxylic acids is 1. The Labute approximate surface area is 212 Å². The normalized spacial score (nSPS) is 17.0. The van der Waals surface area contributed by atoms with Crippen molar-refractivity contribution >= 4 is 17.5 Å². The van der Waals surface area contributed by atoms with Gasteiger partial charge in [0, 0.05) is 40.0 Å². The summed E-state index contributed by atoms with van der Waals surface area (Å²) in [6.45, 7) is 8.65. The first kappa shape index (κ1) is 25.0. The fourth-order valence-corrected chi connectivity index (χ4v) is 5.29. The summed E-state index contributed by atoms with van der Waals surface area (Å²) in [5.74, 6) is 1.43. The van der Waals surface area contributed by atoms with E-state index < -0.39 is 0 Å². The molecular weight excluding hydrogens is 462 g/mol. The van der Waals surface area contributed by atoms with Gasteiger partial charge in [0.25, 0.3) is 5.91 Å². The maximum atomic E-state index is 13.0. The Balaban J connectivity index is 1.53. The topological polar surface area (TPSA) is 72.5 Å². The number of methoxy groups -OCH3 is 1. The summed E-state index contributed by atoms with van der Waals surface area (Å²) in [5, 5.41) is 7.18. The van der Waals surface area contributed by atoms with Crippen molar-refractivity contribution in [3.63, 3.8) is 0 Å². The third kappa shape index (κ3) is 5.95. The van der Waals surface area contributed by atoms with E-state index in [1.165, 1.54) is 0 Å². The van der Waals surface area contributed by atoms with Crippen LogP contribution in [0.1, 0.15) is 50.9 Å². The van der Waals surface area contributed by atoms with Crippen LogP contribution in [-0.2, 0) is 0 Å². The zero-order valence-corrected chi connectivity index (χ0v) is 21.6. The predicted octanol–water partition coefficient (Wildman–Crippen LogP) is 6.24. The molecule has 6 nitrogen and oxygen atoms in total. The minimum atomic E-state index is -0.141. The highest BCUT2D eigenvalue weighted by Gasteiger charge is 2.38. The summed E-state index contributed by atoms with van der Waals surface area (Å²) in [4.78, 5) is 17.3. The van der Waals surface area contributed by atoms with E-state index in [9.17, 15) is 4.79 Å². The highest BCUT2D eigenvalue weighted by Crippen LogP contribution is 2.39. The van der Waals surface area contributed by atoms with Gasteiger partial charge in [-0.2, -0.15) is 0 Å². The van der Waals surface area contributed by atoms with Crippen LogP contribution in [0.15, 0.2) is 60.8 Å². The van der Waals surface area contributed by atoms with Crippen molar-refractivity contribution in [3.8, 4) is 28.5 Å². The van der Waals surface area contributed by atoms with Gasteiger partial charge in [-0.25, -0.2) is 4.98 Å². The van der Waals surface area contributed by atoms with E-state index in [1.54, 1.807) is 31.5 Å². The molecule has 1 aliphatic rings. The SMILES string of the molecule is COc1ncccc1-c1ccccc1Oc1ccc(C(=O)NC2CC(C)(C)NC(C)(C)C2)cc1Cl. The van der Waals surface area contributed by atoms with Crippen molar-refractivity contribution in [1.82, 2.24) is 15.6 Å². The summed E-state index contributed by atoms with van der Waals surface area (Å²) >= 11 is 6.56. The number of nitrogens with one attached hydrogen (secondary N) is 2. The molecule has 4 rings (SSSR count). The lowest BCUT2D eigenvalue weighted by atomic mass is 9.79. The largest absolute Gasteiger partial charge is 0.481 e. The average Bonchev–Trinajstić information content (AvgIpc) is 2.78. The maximum absolute atomic E-state index is 13.0. The molecule has 35 heavy (non-hydrogen) atoms. The number of carbonyl (C=O) groups is 1. The van der Waals surface area contributed by atoms with Crippen LogP contribution < -0.4 is 20.1 Å². The lowest BCUT2D eigenvalue weighted by Gasteiger charge is -2.46. The number of amides is 1. The Morgan fingerprint density at radius 1 is 1.00 bits per heavy atom. The van der Waals surface area contributed by atoms with Crippen LogP contribution in [0.4, 0.5) is 0 Å². The van der Waals surface area contributed by atoms with E-state index in [4.69, 9.17) is 21.1 Å². The van der Waals surface area contributed by atoms with Gasteiger partial charge in [0.05, 0.1) is 12.1 Å². The molecule has 0 bridgehead atoms. The Morgan fingerprint density at radius 2 is 1.69 bits per heavy atom. The van der Waals surface area contributed by atoms with Gasteiger partial charge < -0.3 is 20.1 Å². The standard InChI is InChI=1S/C28H32ClN3O3/c1-27(2)16-19(17-28(3,4)32-27)31-25(33)18-12-13-24(22(29)15-18)35-23-11-7-6-9-20(23)21-10-8-14-30-26(21)34-5/h6-15,19,32H,16-17H2,1-5H3,(H,31,33). The lowest BCUT2D eigenvalue weighted by molar-refractivity contribution is 0.0873. The smallest absolute Gasteiger partial charge is 0.251 e. The molecule has 2 aromatic carbocycles. The number of hydrogen-bond acceptors (Lipinski definition) is 5. The van der Waals surface area contributed by atoms with E-state index in [1.807, 2.05) is 36.4 Å². The molecule has 1 amide bonds. The fourth-order valence-electron chi connectivity index (χ4n) is 5.07. The summed E-state index contributed by atoms with van der Waals surface area (Å²) in [5.41, 5.74) is 2.02. The third-order valence-electron chi connectivity index (χ3n) is 6.08. The van der Waals surface area contributed by atoms with Crippen molar-refractivity contribution in [2.45, 2.75) is 57.7 Å². The number of pyridine rings is 1. The molecule has 1 aliphatic heterocycles. The molecule has 0 unspecified atom stereocenters. The van der Waals surface area contributed by atoms with Gasteiger partial charge in [0.15, 0.2) is 0 Å². The number of para-hydroxylation sites is 1. The first-order valence-corrected chi connectivity index (χ1v) is 12.1. The predicted molar refractivity (Wildman–Crippen MR) is 140 cm³/mol. The van der Waals surface area contributed by atoms with Gasteiger partial charge in [-0.05, 0) is 76.9 Å². The average molecular weight is 494 g/mol. The summed E-state index contributed by atoms with van der Waals surface area (Å²) in [6.07, 6.45) is 3.38. The van der Waals surface area contributed by atoms with Crippen LogP contribution in [0.25, 0.3) is 11.1 Å². The summed E-state index contributed by atoms with van der Waals surface area (Å²) < 4.78 is 11.6. The van der Waals surface area contributed by atoms with Crippen molar-refractivity contribution < 1.29 is 14.3 Å². The highest BCUT2D eigenvalue weighted by atomic mass is 35.5. The van der Waals surface area contributed by atoms with Gasteiger partial charge in [-0.1, -0.05) is 29.8 Å². The first-order chi connectivity index (χ1) is 16.6. The third-order valence-corrected chi connectivity index (χ3v) is 6.38. The molecule has 7 heteroatoms. The Hall–Kier alpha value is -3.09. The molecule has 0 aliphatic carbocycles. The van der Waals surface area contributed by atoms with Crippen molar-refractivity contribution in [1.29, 1.82) is 0 Å². The van der Waals surface area contributed by atoms with Crippen molar-refractivity contribution in [2.75, 3.05) is 7.11 Å². The van der Waals surface area contributed by atoms with Gasteiger partial charge in [-0.3, -0.25) is 4.79 Å². The molecule has 1 fully saturated rings. The number of hydrogen-bond donors (Lipinski definition) is 2. The second-order valence-corrected chi connectivity index (χ2v) is 10.7. The van der Waals surface area contributed by atoms with Crippen LogP contribution in [0.3, 0.4) is 0 Å². The molecule has 3 aromatic rings. The van der Waals surface area contributed by atoms with E-state index in [0.717, 1.165) is 24.0 Å². The number of aromatic nitrogens is 1. The fraction of sp³-hybridized carbons (Fsp3) is 0.357. The van der Waals surface area contributed by atoms with Gasteiger partial charge >= 0.3 is 0 Å². The summed E-state index contributed by atoms with van der Waals surface area (Å²) in [6, 6.07) is 16.6. The van der Waals surface area contributed by atoms with E-state index in [-0.39, 0.29) is 23.0 Å². The molecule has 0 spiro atoms. The molecular formula is C28H32ClN3O3. The lowest BCUT2D eigenvalue weighted by Crippen LogP contribution is -2.62. The number of piperidine rings is 1. The molecule has 0 saturated carbocycles. The molecule has 0 atom stereocenters. The number of nitrogens with zero attached hydrogens (tertiary/aromatic N) is 1. The summed E-state index contributed by atoms with van der Waals surface area (Å²) in [7, 11) is 1.59. The van der Waals surface area contributed by atoms with E-state index in [2.05, 4.69) is 43.3 Å². The number of benzene rings is 2. The van der Waals surface area contributed by atoms with Gasteiger partial charge in [-0.15, -0.1) is 0 Å². The van der Waals surface area contributed by atoms with Crippen LogP contribution in [0.5, 0.6) is 17.4 Å². The monoisotopic (exact) mass is 493 g/mol. The molecule has 2 heterocycles. The van der Waals surface area contributed by atoms with Crippen LogP contribution in [0, 0.1) is 0 Å². The number of halogens is 1. The van der Waals surface area contributed by atoms with Gasteiger partial charge in [0.1, 0.15) is 11.5 Å². The minimum Gasteiger partial charge on any atom is -0.481 e. The molecule has 0 radical (unpaired) electrons. The zero-order chi connectivity index (χ0) is 25.2. The second kappa shape index (κ2) is 9.88. The van der Waals surface area contributed by atoms with E-state index in [0.29, 0.717) is 28.0 Å². The maximum Gasteiger partial charge on any atom is 0.251 e. The molecule has 184 valence electrons. The highest BCUT2D eigenvalue weighted by molar-refractivity contribution is 6.32. The van der Waals surface area contributed by atoms with E-state index >= 15 is 0 Å². The second-order valence-electron chi connectivity index (χ2n) is 10.3. The van der Waals surface area contributed by atoms with Crippen molar-refractivity contribution in [3.05, 3.63) is 71.4 Å². The number of rotatable bonds is 6. The van der Waals surface area contributed by atoms with Crippen LogP contribution in [0.2, 0.25) is 5.02 Å². The van der Waals surface area contributed by atoms with Crippen LogP contribution >= 0.6 is 11.6 Å². The molecule has 1 saturated heterocycles. The van der Waals surface area contributed by atoms with Crippen molar-refractivity contribution in [2.24, 2.45) is 0 Å². The first-order valence-electron chi connectivity index (χ1n) is 11.7. The minimum absolute atomic E-state index is 0.0562.